The lowest BCUT2D eigenvalue weighted by Gasteiger charge is -2.36. The first-order valence-electron chi connectivity index (χ1n) is 13.1. The minimum Gasteiger partial charge on any atom is -0.368 e. The van der Waals surface area contributed by atoms with Crippen molar-refractivity contribution in [2.75, 3.05) is 31.1 Å². The van der Waals surface area contributed by atoms with Gasteiger partial charge in [-0.1, -0.05) is 23.9 Å². The van der Waals surface area contributed by atoms with Crippen LogP contribution in [0.5, 0.6) is 0 Å². The maximum absolute atomic E-state index is 13.4. The van der Waals surface area contributed by atoms with Gasteiger partial charge in [0.15, 0.2) is 5.16 Å². The summed E-state index contributed by atoms with van der Waals surface area (Å²) < 4.78 is 53.7. The van der Waals surface area contributed by atoms with Crippen molar-refractivity contribution in [1.82, 2.24) is 24.4 Å². The highest BCUT2D eigenvalue weighted by Crippen LogP contribution is 2.31. The number of nitrogens with zero attached hydrogens (tertiary/aromatic N) is 6. The second-order valence-electron chi connectivity index (χ2n) is 9.73. The van der Waals surface area contributed by atoms with Crippen LogP contribution < -0.4 is 10.5 Å². The number of piperazine rings is 1. The van der Waals surface area contributed by atoms with Crippen LogP contribution in [0.15, 0.2) is 83.4 Å². The summed E-state index contributed by atoms with van der Waals surface area (Å²) in [5, 5.41) is 0.356. The SMILES string of the molecule is O=C(Cn1cc(Cc2cncnc2)c(=O)nc1SCc1ccc(F)cc1)N1CCN(c2ccc(C(F)(F)F)cc2)CC1. The fraction of sp³-hybridized carbons (Fsp3) is 0.276. The summed E-state index contributed by atoms with van der Waals surface area (Å²) in [4.78, 5) is 42.1. The first kappa shape index (κ1) is 29.2. The van der Waals surface area contributed by atoms with Gasteiger partial charge in [-0.15, -0.1) is 0 Å². The monoisotopic (exact) mass is 598 g/mol. The Balaban J connectivity index is 1.29. The summed E-state index contributed by atoms with van der Waals surface area (Å²) in [6.45, 7) is 1.65. The van der Waals surface area contributed by atoms with Crippen LogP contribution in [0.25, 0.3) is 0 Å². The minimum absolute atomic E-state index is 0.0579. The highest BCUT2D eigenvalue weighted by molar-refractivity contribution is 7.98. The first-order valence-corrected chi connectivity index (χ1v) is 14.1. The van der Waals surface area contributed by atoms with Gasteiger partial charge in [-0.05, 0) is 47.5 Å². The number of hydrogen-bond acceptors (Lipinski definition) is 7. The van der Waals surface area contributed by atoms with Gasteiger partial charge >= 0.3 is 6.18 Å². The predicted octanol–water partition coefficient (Wildman–Crippen LogP) is 4.42. The Kier molecular flexibility index (Phi) is 8.86. The van der Waals surface area contributed by atoms with Gasteiger partial charge < -0.3 is 14.4 Å². The molecule has 1 aliphatic rings. The average molecular weight is 599 g/mol. The van der Waals surface area contributed by atoms with E-state index in [1.165, 1.54) is 42.4 Å². The molecule has 0 aliphatic carbocycles. The Morgan fingerprint density at radius 1 is 0.905 bits per heavy atom. The van der Waals surface area contributed by atoms with Crippen LogP contribution in [0.2, 0.25) is 0 Å². The number of hydrogen-bond donors (Lipinski definition) is 0. The number of carbonyl (C=O) groups is 1. The molecule has 3 heterocycles. The Hall–Kier alpha value is -4.26. The van der Waals surface area contributed by atoms with Gasteiger partial charge in [0, 0.05) is 68.2 Å². The maximum Gasteiger partial charge on any atom is 0.416 e. The van der Waals surface area contributed by atoms with Crippen molar-refractivity contribution in [2.45, 2.75) is 30.1 Å². The van der Waals surface area contributed by atoms with Gasteiger partial charge in [-0.2, -0.15) is 18.2 Å². The largest absolute Gasteiger partial charge is 0.416 e. The van der Waals surface area contributed by atoms with Crippen molar-refractivity contribution >= 4 is 23.4 Å². The Morgan fingerprint density at radius 2 is 1.57 bits per heavy atom. The first-order chi connectivity index (χ1) is 20.2. The molecule has 8 nitrogen and oxygen atoms in total. The summed E-state index contributed by atoms with van der Waals surface area (Å²) in [6, 6.07) is 11.0. The third-order valence-corrected chi connectivity index (χ3v) is 7.88. The summed E-state index contributed by atoms with van der Waals surface area (Å²) in [5.74, 6) is -0.110. The number of alkyl halides is 3. The normalized spacial score (nSPS) is 13.8. The number of benzene rings is 2. The molecule has 0 N–H and O–H groups in total. The molecule has 1 amide bonds. The van der Waals surface area contributed by atoms with Crippen LogP contribution >= 0.6 is 11.8 Å². The number of amides is 1. The van der Waals surface area contributed by atoms with E-state index in [0.717, 1.165) is 23.3 Å². The van der Waals surface area contributed by atoms with E-state index in [-0.39, 0.29) is 24.7 Å². The highest BCUT2D eigenvalue weighted by atomic mass is 32.2. The van der Waals surface area contributed by atoms with Gasteiger partial charge in [-0.25, -0.2) is 14.4 Å². The zero-order chi connectivity index (χ0) is 29.7. The molecule has 0 bridgehead atoms. The topological polar surface area (TPSA) is 84.2 Å². The van der Waals surface area contributed by atoms with E-state index in [0.29, 0.717) is 48.3 Å². The molecule has 0 spiro atoms. The molecular weight excluding hydrogens is 572 g/mol. The van der Waals surface area contributed by atoms with Crippen LogP contribution in [-0.4, -0.2) is 56.5 Å². The number of carbonyl (C=O) groups excluding carboxylic acids is 1. The molecule has 2 aromatic carbocycles. The molecule has 1 aliphatic heterocycles. The number of rotatable bonds is 8. The predicted molar refractivity (Wildman–Crippen MR) is 150 cm³/mol. The summed E-state index contributed by atoms with van der Waals surface area (Å²) in [5.41, 5.74) is 1.47. The average Bonchev–Trinajstić information content (AvgIpc) is 2.99. The zero-order valence-corrected chi connectivity index (χ0v) is 23.1. The van der Waals surface area contributed by atoms with Gasteiger partial charge in [0.25, 0.3) is 5.56 Å². The van der Waals surface area contributed by atoms with Crippen molar-refractivity contribution in [2.24, 2.45) is 0 Å². The Bertz CT molecular complexity index is 1570. The van der Waals surface area contributed by atoms with Crippen molar-refractivity contribution in [3.05, 3.63) is 112 Å². The molecule has 0 atom stereocenters. The number of aromatic nitrogens is 4. The molecule has 4 aromatic rings. The third kappa shape index (κ3) is 7.32. The fourth-order valence-corrected chi connectivity index (χ4v) is 5.48. The summed E-state index contributed by atoms with van der Waals surface area (Å²) in [7, 11) is 0. The molecular formula is C29H26F4N6O2S. The summed E-state index contributed by atoms with van der Waals surface area (Å²) >= 11 is 1.27. The Labute approximate surface area is 243 Å². The van der Waals surface area contributed by atoms with E-state index < -0.39 is 17.3 Å². The van der Waals surface area contributed by atoms with Crippen molar-refractivity contribution in [3.63, 3.8) is 0 Å². The molecule has 1 saturated heterocycles. The maximum atomic E-state index is 13.4. The molecule has 13 heteroatoms. The highest BCUT2D eigenvalue weighted by Gasteiger charge is 2.30. The molecule has 1 fully saturated rings. The lowest BCUT2D eigenvalue weighted by atomic mass is 10.1. The molecule has 2 aromatic heterocycles. The van der Waals surface area contributed by atoms with Gasteiger partial charge in [0.1, 0.15) is 18.7 Å². The molecule has 0 unspecified atom stereocenters. The van der Waals surface area contributed by atoms with Crippen LogP contribution in [0.4, 0.5) is 23.2 Å². The minimum atomic E-state index is -4.40. The lowest BCUT2D eigenvalue weighted by Crippen LogP contribution is -2.49. The second-order valence-corrected chi connectivity index (χ2v) is 10.7. The van der Waals surface area contributed by atoms with Crippen molar-refractivity contribution in [3.8, 4) is 0 Å². The smallest absolute Gasteiger partial charge is 0.368 e. The van der Waals surface area contributed by atoms with E-state index in [4.69, 9.17) is 0 Å². The molecule has 218 valence electrons. The van der Waals surface area contributed by atoms with Gasteiger partial charge in [0.2, 0.25) is 5.91 Å². The van der Waals surface area contributed by atoms with Gasteiger partial charge in [-0.3, -0.25) is 9.59 Å². The molecule has 0 saturated carbocycles. The zero-order valence-electron chi connectivity index (χ0n) is 22.3. The second kappa shape index (κ2) is 12.7. The van der Waals surface area contributed by atoms with Crippen LogP contribution in [0.1, 0.15) is 22.3 Å². The van der Waals surface area contributed by atoms with E-state index >= 15 is 0 Å². The van der Waals surface area contributed by atoms with E-state index in [1.54, 1.807) is 40.2 Å². The number of anilines is 1. The van der Waals surface area contributed by atoms with Crippen LogP contribution in [0, 0.1) is 5.82 Å². The van der Waals surface area contributed by atoms with Crippen LogP contribution in [-0.2, 0) is 29.7 Å². The van der Waals surface area contributed by atoms with Crippen molar-refractivity contribution < 1.29 is 22.4 Å². The molecule has 0 radical (unpaired) electrons. The quantitative estimate of drug-likeness (QED) is 0.169. The Morgan fingerprint density at radius 3 is 2.21 bits per heavy atom. The molecule has 42 heavy (non-hydrogen) atoms. The van der Waals surface area contributed by atoms with E-state index in [2.05, 4.69) is 15.0 Å². The number of thioether (sulfide) groups is 1. The lowest BCUT2D eigenvalue weighted by molar-refractivity contribution is -0.137. The van der Waals surface area contributed by atoms with Crippen molar-refractivity contribution in [1.29, 1.82) is 0 Å². The fourth-order valence-electron chi connectivity index (χ4n) is 4.56. The van der Waals surface area contributed by atoms with Crippen LogP contribution in [0.3, 0.4) is 0 Å². The van der Waals surface area contributed by atoms with E-state index in [1.807, 2.05) is 4.90 Å². The number of halogens is 4. The third-order valence-electron chi connectivity index (χ3n) is 6.82. The van der Waals surface area contributed by atoms with Gasteiger partial charge in [0.05, 0.1) is 5.56 Å². The van der Waals surface area contributed by atoms with E-state index in [9.17, 15) is 27.2 Å². The summed E-state index contributed by atoms with van der Waals surface area (Å²) in [6.07, 6.45) is 2.09. The standard InChI is InChI=1S/C29H26F4N6O2S/c30-24-5-1-20(2-6-24)18-42-28-36-27(41)22(13-21-14-34-19-35-15-21)16-39(28)17-26(40)38-11-9-37(10-12-38)25-7-3-23(4-8-25)29(31,32)33/h1-8,14-16,19H,9-13,17-18H2. The molecule has 5 rings (SSSR count).